The van der Waals surface area contributed by atoms with Crippen LogP contribution in [0.1, 0.15) is 4.88 Å². The maximum atomic E-state index is 8.62. The van der Waals surface area contributed by atoms with Crippen LogP contribution in [0, 0.1) is 11.3 Å². The predicted molar refractivity (Wildman–Crippen MR) is 49.3 cm³/mol. The highest BCUT2D eigenvalue weighted by molar-refractivity contribution is 7.20. The van der Waals surface area contributed by atoms with E-state index in [0.29, 0.717) is 9.90 Å². The van der Waals surface area contributed by atoms with Gasteiger partial charge in [-0.1, -0.05) is 11.6 Å². The Labute approximate surface area is 78.0 Å². The molecule has 0 radical (unpaired) electrons. The van der Waals surface area contributed by atoms with Gasteiger partial charge in [-0.05, 0) is 12.1 Å². The lowest BCUT2D eigenvalue weighted by molar-refractivity contribution is 1.43. The summed E-state index contributed by atoms with van der Waals surface area (Å²) >= 11 is 7.26. The Bertz CT molecular complexity index is 469. The van der Waals surface area contributed by atoms with Crippen LogP contribution in [0.25, 0.3) is 10.2 Å². The summed E-state index contributed by atoms with van der Waals surface area (Å²) < 4.78 is 0.885. The lowest BCUT2D eigenvalue weighted by Gasteiger charge is -1.88. The molecule has 2 aromatic rings. The van der Waals surface area contributed by atoms with E-state index in [9.17, 15) is 0 Å². The summed E-state index contributed by atoms with van der Waals surface area (Å²) in [5.74, 6) is 0. The Hall–Kier alpha value is -1.11. The maximum absolute atomic E-state index is 8.62. The minimum Gasteiger partial charge on any atom is -0.255 e. The zero-order chi connectivity index (χ0) is 8.55. The third-order valence-electron chi connectivity index (χ3n) is 1.47. The topological polar surface area (TPSA) is 36.7 Å². The fraction of sp³-hybridized carbons (Fsp3) is 0. The molecule has 0 N–H and O–H groups in total. The summed E-state index contributed by atoms with van der Waals surface area (Å²) in [6, 6.07) is 5.53. The van der Waals surface area contributed by atoms with Crippen LogP contribution in [0.4, 0.5) is 0 Å². The van der Waals surface area contributed by atoms with Gasteiger partial charge in [0.1, 0.15) is 10.9 Å². The number of aromatic nitrogens is 1. The second-order valence-electron chi connectivity index (χ2n) is 2.23. The van der Waals surface area contributed by atoms with Crippen molar-refractivity contribution in [3.05, 3.63) is 28.2 Å². The van der Waals surface area contributed by atoms with Gasteiger partial charge in [-0.2, -0.15) is 5.26 Å². The SMILES string of the molecule is N#Cc1cc2nccc(Cl)c2s1. The summed E-state index contributed by atoms with van der Waals surface area (Å²) in [4.78, 5) is 4.73. The fourth-order valence-electron chi connectivity index (χ4n) is 0.962. The molecule has 0 aliphatic carbocycles. The molecule has 0 atom stereocenters. The van der Waals surface area contributed by atoms with E-state index in [1.807, 2.05) is 0 Å². The molecule has 58 valence electrons. The number of hydrogen-bond donors (Lipinski definition) is 0. The Morgan fingerprint density at radius 3 is 3.08 bits per heavy atom. The first-order valence-electron chi connectivity index (χ1n) is 3.25. The first-order valence-corrected chi connectivity index (χ1v) is 4.45. The molecule has 2 aromatic heterocycles. The van der Waals surface area contributed by atoms with E-state index >= 15 is 0 Å². The van der Waals surface area contributed by atoms with E-state index in [4.69, 9.17) is 16.9 Å². The monoisotopic (exact) mass is 194 g/mol. The van der Waals surface area contributed by atoms with Crippen molar-refractivity contribution in [3.63, 3.8) is 0 Å². The molecule has 2 rings (SSSR count). The number of fused-ring (bicyclic) bond motifs is 1. The van der Waals surface area contributed by atoms with Gasteiger partial charge in [0, 0.05) is 6.20 Å². The first kappa shape index (κ1) is 7.53. The van der Waals surface area contributed by atoms with E-state index in [0.717, 1.165) is 10.2 Å². The Morgan fingerprint density at radius 2 is 2.42 bits per heavy atom. The molecule has 12 heavy (non-hydrogen) atoms. The van der Waals surface area contributed by atoms with Crippen LogP contribution in [0.2, 0.25) is 5.02 Å². The summed E-state index contributed by atoms with van der Waals surface area (Å²) in [6.07, 6.45) is 1.64. The third-order valence-corrected chi connectivity index (χ3v) is 2.96. The highest BCUT2D eigenvalue weighted by Crippen LogP contribution is 2.29. The van der Waals surface area contributed by atoms with E-state index in [1.165, 1.54) is 11.3 Å². The number of rotatable bonds is 0. The van der Waals surface area contributed by atoms with Crippen molar-refractivity contribution < 1.29 is 0 Å². The lowest BCUT2D eigenvalue weighted by atomic mass is 10.4. The van der Waals surface area contributed by atoms with Gasteiger partial charge in [0.15, 0.2) is 0 Å². The van der Waals surface area contributed by atoms with Gasteiger partial charge in [0.2, 0.25) is 0 Å². The molecular formula is C8H3ClN2S. The van der Waals surface area contributed by atoms with Crippen molar-refractivity contribution in [1.29, 1.82) is 5.26 Å². The van der Waals surface area contributed by atoms with Crippen molar-refractivity contribution in [1.82, 2.24) is 4.98 Å². The maximum Gasteiger partial charge on any atom is 0.110 e. The number of pyridine rings is 1. The molecule has 0 saturated carbocycles. The molecular weight excluding hydrogens is 192 g/mol. The highest BCUT2D eigenvalue weighted by Gasteiger charge is 2.04. The van der Waals surface area contributed by atoms with Gasteiger partial charge in [-0.25, -0.2) is 0 Å². The van der Waals surface area contributed by atoms with Gasteiger partial charge in [0.25, 0.3) is 0 Å². The second kappa shape index (κ2) is 2.74. The molecule has 0 saturated heterocycles. The smallest absolute Gasteiger partial charge is 0.110 e. The van der Waals surface area contributed by atoms with E-state index in [-0.39, 0.29) is 0 Å². The summed E-state index contributed by atoms with van der Waals surface area (Å²) in [7, 11) is 0. The summed E-state index contributed by atoms with van der Waals surface area (Å²) in [6.45, 7) is 0. The van der Waals surface area contributed by atoms with Gasteiger partial charge in [-0.3, -0.25) is 4.98 Å². The predicted octanol–water partition coefficient (Wildman–Crippen LogP) is 2.82. The van der Waals surface area contributed by atoms with Crippen molar-refractivity contribution in [3.8, 4) is 6.07 Å². The molecule has 0 fully saturated rings. The van der Waals surface area contributed by atoms with Crippen LogP contribution in [0.3, 0.4) is 0 Å². The molecule has 0 bridgehead atoms. The number of halogens is 1. The van der Waals surface area contributed by atoms with Crippen LogP contribution in [-0.4, -0.2) is 4.98 Å². The fourth-order valence-corrected chi connectivity index (χ4v) is 2.05. The largest absolute Gasteiger partial charge is 0.255 e. The molecule has 0 unspecified atom stereocenters. The Morgan fingerprint density at radius 1 is 1.58 bits per heavy atom. The molecule has 4 heteroatoms. The van der Waals surface area contributed by atoms with Crippen molar-refractivity contribution in [2.75, 3.05) is 0 Å². The van der Waals surface area contributed by atoms with E-state index in [2.05, 4.69) is 11.1 Å². The lowest BCUT2D eigenvalue weighted by Crippen LogP contribution is -1.69. The number of nitrogens with zero attached hydrogens (tertiary/aromatic N) is 2. The third kappa shape index (κ3) is 1.06. The molecule has 0 amide bonds. The molecule has 0 aromatic carbocycles. The summed E-state index contributed by atoms with van der Waals surface area (Å²) in [5.41, 5.74) is 0.795. The van der Waals surface area contributed by atoms with Crippen molar-refractivity contribution in [2.24, 2.45) is 0 Å². The van der Waals surface area contributed by atoms with Gasteiger partial charge < -0.3 is 0 Å². The molecule has 2 nitrogen and oxygen atoms in total. The van der Waals surface area contributed by atoms with Crippen LogP contribution in [0.5, 0.6) is 0 Å². The minimum atomic E-state index is 0.644. The Kier molecular flexibility index (Phi) is 1.72. The number of nitriles is 1. The van der Waals surface area contributed by atoms with E-state index < -0.39 is 0 Å². The van der Waals surface area contributed by atoms with Crippen molar-refractivity contribution in [2.45, 2.75) is 0 Å². The Balaban J connectivity index is 2.85. The molecule has 0 spiro atoms. The number of thiophene rings is 1. The zero-order valence-corrected chi connectivity index (χ0v) is 7.49. The first-order chi connectivity index (χ1) is 5.81. The molecule has 0 aliphatic heterocycles. The standard InChI is InChI=1S/C8H3ClN2S/c9-6-1-2-11-7-3-5(4-10)12-8(6)7/h1-3H. The van der Waals surface area contributed by atoms with Crippen LogP contribution in [-0.2, 0) is 0 Å². The average molecular weight is 195 g/mol. The highest BCUT2D eigenvalue weighted by atomic mass is 35.5. The van der Waals surface area contributed by atoms with Gasteiger partial charge >= 0.3 is 0 Å². The zero-order valence-electron chi connectivity index (χ0n) is 5.91. The molecule has 2 heterocycles. The van der Waals surface area contributed by atoms with E-state index in [1.54, 1.807) is 18.3 Å². The average Bonchev–Trinajstić information content (AvgIpc) is 2.49. The second-order valence-corrected chi connectivity index (χ2v) is 3.69. The number of hydrogen-bond acceptors (Lipinski definition) is 3. The molecule has 0 aliphatic rings. The normalized spacial score (nSPS) is 10.0. The van der Waals surface area contributed by atoms with Crippen LogP contribution >= 0.6 is 22.9 Å². The minimum absolute atomic E-state index is 0.644. The van der Waals surface area contributed by atoms with Crippen molar-refractivity contribution >= 4 is 33.2 Å². The van der Waals surface area contributed by atoms with Gasteiger partial charge in [0.05, 0.1) is 15.2 Å². The summed E-state index contributed by atoms with van der Waals surface area (Å²) in [5, 5.41) is 9.28. The van der Waals surface area contributed by atoms with Gasteiger partial charge in [-0.15, -0.1) is 11.3 Å². The van der Waals surface area contributed by atoms with Crippen LogP contribution in [0.15, 0.2) is 18.3 Å². The van der Waals surface area contributed by atoms with Crippen LogP contribution < -0.4 is 0 Å². The quantitative estimate of drug-likeness (QED) is 0.647.